The Hall–Kier alpha value is -1.23. The lowest BCUT2D eigenvalue weighted by Crippen LogP contribution is -2.35. The van der Waals surface area contributed by atoms with Crippen molar-refractivity contribution < 1.29 is 4.74 Å². The highest BCUT2D eigenvalue weighted by atomic mass is 32.2. The van der Waals surface area contributed by atoms with Crippen LogP contribution in [-0.4, -0.2) is 29.6 Å². The molecule has 0 amide bonds. The molecule has 0 unspecified atom stereocenters. The molecule has 1 N–H and O–H groups in total. The van der Waals surface area contributed by atoms with E-state index in [1.54, 1.807) is 13.3 Å². The molecule has 0 atom stereocenters. The van der Waals surface area contributed by atoms with Crippen molar-refractivity contribution in [3.63, 3.8) is 0 Å². The molecule has 1 saturated carbocycles. The van der Waals surface area contributed by atoms with Crippen LogP contribution in [-0.2, 0) is 0 Å². The molecule has 4 nitrogen and oxygen atoms in total. The maximum absolute atomic E-state index is 5.06. The first kappa shape index (κ1) is 13.7. The number of methoxy groups -OCH3 is 1. The minimum Gasteiger partial charge on any atom is -0.481 e. The van der Waals surface area contributed by atoms with Gasteiger partial charge in [0.05, 0.1) is 19.0 Å². The Morgan fingerprint density at radius 3 is 2.70 bits per heavy atom. The lowest BCUT2D eigenvalue weighted by atomic mass is 9.75. The van der Waals surface area contributed by atoms with E-state index >= 15 is 0 Å². The van der Waals surface area contributed by atoms with Gasteiger partial charge in [0.25, 0.3) is 0 Å². The van der Waals surface area contributed by atoms with Crippen molar-refractivity contribution in [1.82, 2.24) is 4.98 Å². The maximum atomic E-state index is 5.06. The van der Waals surface area contributed by atoms with Crippen LogP contribution in [0.25, 0.3) is 0 Å². The zero-order valence-electron chi connectivity index (χ0n) is 11.9. The number of nitrogens with one attached hydrogen (secondary N) is 1. The Kier molecular flexibility index (Phi) is 4.15. The summed E-state index contributed by atoms with van der Waals surface area (Å²) >= 11 is 1.85. The number of hydrogen-bond acceptors (Lipinski definition) is 5. The Bertz CT molecular complexity index is 480. The van der Waals surface area contributed by atoms with Crippen molar-refractivity contribution >= 4 is 22.6 Å². The summed E-state index contributed by atoms with van der Waals surface area (Å²) < 4.78 is 5.06. The molecule has 1 aromatic rings. The highest BCUT2D eigenvalue weighted by Gasteiger charge is 2.34. The molecule has 3 rings (SSSR count). The second-order valence-electron chi connectivity index (χ2n) is 5.68. The van der Waals surface area contributed by atoms with E-state index in [0.29, 0.717) is 11.3 Å². The number of pyridine rings is 1. The molecule has 0 saturated heterocycles. The Labute approximate surface area is 124 Å². The van der Waals surface area contributed by atoms with Crippen LogP contribution in [0.5, 0.6) is 5.88 Å². The van der Waals surface area contributed by atoms with Crippen LogP contribution < -0.4 is 10.1 Å². The van der Waals surface area contributed by atoms with E-state index < -0.39 is 0 Å². The van der Waals surface area contributed by atoms with E-state index in [1.807, 2.05) is 23.9 Å². The molecule has 1 spiro atoms. The molecule has 20 heavy (non-hydrogen) atoms. The molecular weight excluding hydrogens is 270 g/mol. The average Bonchev–Trinajstić information content (AvgIpc) is 2.52. The third kappa shape index (κ3) is 3.08. The monoisotopic (exact) mass is 291 g/mol. The number of hydrogen-bond donors (Lipinski definition) is 1. The van der Waals surface area contributed by atoms with Gasteiger partial charge in [-0.05, 0) is 24.3 Å². The fourth-order valence-corrected chi connectivity index (χ4v) is 4.10. The predicted molar refractivity (Wildman–Crippen MR) is 84.7 cm³/mol. The third-order valence-electron chi connectivity index (χ3n) is 4.18. The molecule has 1 aliphatic heterocycles. The van der Waals surface area contributed by atoms with E-state index in [2.05, 4.69) is 10.3 Å². The maximum Gasteiger partial charge on any atom is 0.213 e. The summed E-state index contributed by atoms with van der Waals surface area (Å²) in [6.07, 6.45) is 8.63. The second-order valence-corrected chi connectivity index (χ2v) is 6.65. The number of aliphatic imine (C=N–C) groups is 1. The summed E-state index contributed by atoms with van der Waals surface area (Å²) in [5, 5.41) is 4.37. The summed E-state index contributed by atoms with van der Waals surface area (Å²) in [7, 11) is 1.63. The molecule has 1 aromatic heterocycles. The van der Waals surface area contributed by atoms with Crippen LogP contribution in [0.1, 0.15) is 32.1 Å². The molecular formula is C15H21N3OS. The average molecular weight is 291 g/mol. The van der Waals surface area contributed by atoms with Gasteiger partial charge in [0.1, 0.15) is 0 Å². The molecule has 0 aromatic carbocycles. The number of nitrogens with zero attached hydrogens (tertiary/aromatic N) is 2. The standard InChI is InChI=1S/C15H21N3OS/c1-19-13-6-5-12(9-16-13)18-14-17-10-15(11-20-14)7-3-2-4-8-15/h5-6,9H,2-4,7-8,10-11H2,1H3,(H,17,18). The number of thioether (sulfide) groups is 1. The van der Waals surface area contributed by atoms with Crippen molar-refractivity contribution in [2.24, 2.45) is 10.4 Å². The number of anilines is 1. The SMILES string of the molecule is COc1ccc(NC2=NCC3(CCCCC3)CS2)cn1. The summed E-state index contributed by atoms with van der Waals surface area (Å²) in [5.74, 6) is 1.83. The van der Waals surface area contributed by atoms with Gasteiger partial charge in [-0.25, -0.2) is 4.98 Å². The van der Waals surface area contributed by atoms with Crippen LogP contribution in [0.15, 0.2) is 23.3 Å². The summed E-state index contributed by atoms with van der Waals surface area (Å²) in [6.45, 7) is 0.978. The zero-order valence-corrected chi connectivity index (χ0v) is 12.7. The van der Waals surface area contributed by atoms with E-state index in [4.69, 9.17) is 9.73 Å². The van der Waals surface area contributed by atoms with E-state index in [-0.39, 0.29) is 0 Å². The molecule has 2 heterocycles. The fourth-order valence-electron chi connectivity index (χ4n) is 2.93. The van der Waals surface area contributed by atoms with Gasteiger partial charge >= 0.3 is 0 Å². The Balaban J connectivity index is 1.61. The van der Waals surface area contributed by atoms with Crippen molar-refractivity contribution in [3.05, 3.63) is 18.3 Å². The third-order valence-corrected chi connectivity index (χ3v) is 5.45. The van der Waals surface area contributed by atoms with Crippen molar-refractivity contribution in [2.45, 2.75) is 32.1 Å². The minimum absolute atomic E-state index is 0.478. The number of aromatic nitrogens is 1. The first-order chi connectivity index (χ1) is 9.80. The molecule has 2 aliphatic rings. The molecule has 0 radical (unpaired) electrons. The van der Waals surface area contributed by atoms with Gasteiger partial charge in [-0.1, -0.05) is 31.0 Å². The van der Waals surface area contributed by atoms with E-state index in [0.717, 1.165) is 17.4 Å². The van der Waals surface area contributed by atoms with Gasteiger partial charge in [-0.3, -0.25) is 4.99 Å². The quantitative estimate of drug-likeness (QED) is 0.905. The summed E-state index contributed by atoms with van der Waals surface area (Å²) in [6, 6.07) is 3.83. The van der Waals surface area contributed by atoms with Crippen molar-refractivity contribution in [1.29, 1.82) is 0 Å². The smallest absolute Gasteiger partial charge is 0.213 e. The van der Waals surface area contributed by atoms with Gasteiger partial charge in [0, 0.05) is 18.4 Å². The van der Waals surface area contributed by atoms with Gasteiger partial charge in [-0.2, -0.15) is 0 Å². The van der Waals surface area contributed by atoms with Gasteiger partial charge < -0.3 is 10.1 Å². The Morgan fingerprint density at radius 2 is 2.10 bits per heavy atom. The lowest BCUT2D eigenvalue weighted by molar-refractivity contribution is 0.232. The van der Waals surface area contributed by atoms with E-state index in [9.17, 15) is 0 Å². The van der Waals surface area contributed by atoms with Crippen LogP contribution in [0.4, 0.5) is 5.69 Å². The second kappa shape index (κ2) is 6.04. The number of amidine groups is 1. The first-order valence-corrected chi connectivity index (χ1v) is 8.23. The van der Waals surface area contributed by atoms with Gasteiger partial charge in [-0.15, -0.1) is 0 Å². The minimum atomic E-state index is 0.478. The molecule has 108 valence electrons. The normalized spacial score (nSPS) is 21.4. The summed E-state index contributed by atoms with van der Waals surface area (Å²) in [4.78, 5) is 8.95. The fraction of sp³-hybridized carbons (Fsp3) is 0.600. The largest absolute Gasteiger partial charge is 0.481 e. The first-order valence-electron chi connectivity index (χ1n) is 7.24. The number of ether oxygens (including phenoxy) is 1. The van der Waals surface area contributed by atoms with Gasteiger partial charge in [0.2, 0.25) is 5.88 Å². The van der Waals surface area contributed by atoms with Crippen molar-refractivity contribution in [3.8, 4) is 5.88 Å². The molecule has 0 bridgehead atoms. The topological polar surface area (TPSA) is 46.5 Å². The highest BCUT2D eigenvalue weighted by Crippen LogP contribution is 2.41. The predicted octanol–water partition coefficient (Wildman–Crippen LogP) is 3.56. The lowest BCUT2D eigenvalue weighted by Gasteiger charge is -2.38. The zero-order chi connectivity index (χ0) is 13.8. The summed E-state index contributed by atoms with van der Waals surface area (Å²) in [5.41, 5.74) is 1.45. The van der Waals surface area contributed by atoms with Crippen LogP contribution >= 0.6 is 11.8 Å². The highest BCUT2D eigenvalue weighted by molar-refractivity contribution is 8.14. The van der Waals surface area contributed by atoms with Gasteiger partial charge in [0.15, 0.2) is 5.17 Å². The van der Waals surface area contributed by atoms with Crippen LogP contribution in [0.3, 0.4) is 0 Å². The molecule has 1 aliphatic carbocycles. The molecule has 5 heteroatoms. The van der Waals surface area contributed by atoms with Crippen LogP contribution in [0, 0.1) is 5.41 Å². The van der Waals surface area contributed by atoms with Crippen molar-refractivity contribution in [2.75, 3.05) is 24.7 Å². The number of rotatable bonds is 2. The molecule has 1 fully saturated rings. The van der Waals surface area contributed by atoms with E-state index in [1.165, 1.54) is 37.9 Å². The van der Waals surface area contributed by atoms with Crippen LogP contribution in [0.2, 0.25) is 0 Å². The Morgan fingerprint density at radius 1 is 1.25 bits per heavy atom.